The highest BCUT2D eigenvalue weighted by Crippen LogP contribution is 2.34. The molecule has 5 heteroatoms. The van der Waals surface area contributed by atoms with Crippen molar-refractivity contribution in [1.82, 2.24) is 10.3 Å². The Morgan fingerprint density at radius 2 is 2.14 bits per heavy atom. The van der Waals surface area contributed by atoms with Crippen molar-refractivity contribution in [2.75, 3.05) is 23.7 Å². The normalized spacial score (nSPS) is 22.3. The van der Waals surface area contributed by atoms with Crippen molar-refractivity contribution in [3.05, 3.63) is 10.6 Å². The second kappa shape index (κ2) is 6.47. The van der Waals surface area contributed by atoms with E-state index in [4.69, 9.17) is 4.98 Å². The summed E-state index contributed by atoms with van der Waals surface area (Å²) in [5.41, 5.74) is 1.30. The minimum absolute atomic E-state index is 0.413. The van der Waals surface area contributed by atoms with Gasteiger partial charge in [0.2, 0.25) is 0 Å². The summed E-state index contributed by atoms with van der Waals surface area (Å²) in [6, 6.07) is 0.774. The first-order chi connectivity index (χ1) is 10.1. The van der Waals surface area contributed by atoms with E-state index >= 15 is 0 Å². The number of thiazole rings is 1. The highest BCUT2D eigenvalue weighted by atomic mass is 32.2. The fraction of sp³-hybridized carbons (Fsp3) is 0.812. The number of rotatable bonds is 5. The lowest BCUT2D eigenvalue weighted by atomic mass is 10.1. The van der Waals surface area contributed by atoms with E-state index in [9.17, 15) is 0 Å². The lowest BCUT2D eigenvalue weighted by Crippen LogP contribution is -2.26. The van der Waals surface area contributed by atoms with Crippen LogP contribution in [0.25, 0.3) is 0 Å². The van der Waals surface area contributed by atoms with Gasteiger partial charge in [0.15, 0.2) is 5.13 Å². The highest BCUT2D eigenvalue weighted by molar-refractivity contribution is 8.00. The van der Waals surface area contributed by atoms with E-state index in [0.29, 0.717) is 4.75 Å². The first kappa shape index (κ1) is 15.6. The summed E-state index contributed by atoms with van der Waals surface area (Å²) in [6.45, 7) is 10.3. The number of anilines is 1. The van der Waals surface area contributed by atoms with Gasteiger partial charge in [0, 0.05) is 41.1 Å². The van der Waals surface area contributed by atoms with Gasteiger partial charge in [0.1, 0.15) is 0 Å². The predicted molar refractivity (Wildman–Crippen MR) is 94.7 cm³/mol. The van der Waals surface area contributed by atoms with E-state index in [1.165, 1.54) is 40.7 Å². The molecule has 21 heavy (non-hydrogen) atoms. The number of thioether (sulfide) groups is 1. The molecule has 1 aromatic heterocycles. The highest BCUT2D eigenvalue weighted by Gasteiger charge is 2.26. The van der Waals surface area contributed by atoms with Gasteiger partial charge in [-0.05, 0) is 25.7 Å². The van der Waals surface area contributed by atoms with E-state index in [-0.39, 0.29) is 0 Å². The molecule has 0 radical (unpaired) electrons. The summed E-state index contributed by atoms with van der Waals surface area (Å²) < 4.78 is 0.413. The third kappa shape index (κ3) is 4.14. The second-order valence-electron chi connectivity index (χ2n) is 6.72. The summed E-state index contributed by atoms with van der Waals surface area (Å²) in [7, 11) is 0. The molecule has 0 spiro atoms. The van der Waals surface area contributed by atoms with Crippen LogP contribution in [0.5, 0.6) is 0 Å². The molecule has 2 fully saturated rings. The molecule has 0 aromatic carbocycles. The molecule has 1 aliphatic carbocycles. The zero-order chi connectivity index (χ0) is 14.9. The maximum Gasteiger partial charge on any atom is 0.185 e. The van der Waals surface area contributed by atoms with Gasteiger partial charge in [0.25, 0.3) is 0 Å². The summed E-state index contributed by atoms with van der Waals surface area (Å²) in [6.07, 6.45) is 5.00. The Kier molecular flexibility index (Phi) is 4.81. The van der Waals surface area contributed by atoms with Crippen LogP contribution in [0.1, 0.15) is 50.6 Å². The van der Waals surface area contributed by atoms with Crippen molar-refractivity contribution in [1.29, 1.82) is 0 Å². The van der Waals surface area contributed by atoms with Crippen molar-refractivity contribution in [3.63, 3.8) is 0 Å². The molecule has 0 amide bonds. The lowest BCUT2D eigenvalue weighted by molar-refractivity contribution is 0.637. The predicted octanol–water partition coefficient (Wildman–Crippen LogP) is 3.68. The van der Waals surface area contributed by atoms with E-state index in [0.717, 1.165) is 32.1 Å². The molecule has 2 heterocycles. The Bertz CT molecular complexity index is 480. The molecule has 118 valence electrons. The smallest absolute Gasteiger partial charge is 0.185 e. The Morgan fingerprint density at radius 1 is 1.33 bits per heavy atom. The summed E-state index contributed by atoms with van der Waals surface area (Å²) in [5.74, 6) is 1.21. The van der Waals surface area contributed by atoms with Gasteiger partial charge in [-0.15, -0.1) is 11.3 Å². The van der Waals surface area contributed by atoms with Crippen LogP contribution in [-0.2, 0) is 13.0 Å². The van der Waals surface area contributed by atoms with Gasteiger partial charge in [-0.2, -0.15) is 11.8 Å². The van der Waals surface area contributed by atoms with Crippen molar-refractivity contribution < 1.29 is 0 Å². The quantitative estimate of drug-likeness (QED) is 0.894. The number of aromatic nitrogens is 1. The number of nitrogens with zero attached hydrogens (tertiary/aromatic N) is 2. The Hall–Kier alpha value is -0.260. The maximum absolute atomic E-state index is 4.94. The Labute approximate surface area is 136 Å². The van der Waals surface area contributed by atoms with Crippen LogP contribution in [0.3, 0.4) is 0 Å². The second-order valence-corrected chi connectivity index (χ2v) is 9.58. The average Bonchev–Trinajstić information content (AvgIpc) is 3.21. The molecule has 0 atom stereocenters. The molecular formula is C16H27N3S2. The number of aryl methyl sites for hydroxylation is 1. The molecule has 1 aliphatic heterocycles. The van der Waals surface area contributed by atoms with E-state index < -0.39 is 0 Å². The van der Waals surface area contributed by atoms with Gasteiger partial charge in [-0.3, -0.25) is 0 Å². The van der Waals surface area contributed by atoms with Crippen molar-refractivity contribution >= 4 is 28.2 Å². The van der Waals surface area contributed by atoms with Gasteiger partial charge in [-0.25, -0.2) is 4.98 Å². The lowest BCUT2D eigenvalue weighted by Gasteiger charge is -2.22. The molecule has 1 aromatic rings. The van der Waals surface area contributed by atoms with Crippen LogP contribution in [0, 0.1) is 0 Å². The van der Waals surface area contributed by atoms with Crippen molar-refractivity contribution in [2.45, 2.75) is 63.8 Å². The van der Waals surface area contributed by atoms with E-state index in [1.807, 2.05) is 11.3 Å². The molecule has 3 nitrogen and oxygen atoms in total. The van der Waals surface area contributed by atoms with Crippen LogP contribution in [-0.4, -0.2) is 34.6 Å². The van der Waals surface area contributed by atoms with E-state index in [2.05, 4.69) is 42.7 Å². The molecule has 0 unspecified atom stereocenters. The zero-order valence-electron chi connectivity index (χ0n) is 13.4. The first-order valence-electron chi connectivity index (χ1n) is 8.18. The van der Waals surface area contributed by atoms with Crippen molar-refractivity contribution in [2.24, 2.45) is 0 Å². The van der Waals surface area contributed by atoms with Crippen LogP contribution >= 0.6 is 23.1 Å². The largest absolute Gasteiger partial charge is 0.347 e. The number of hydrogen-bond acceptors (Lipinski definition) is 5. The Balaban J connectivity index is 1.68. The Morgan fingerprint density at radius 3 is 2.86 bits per heavy atom. The van der Waals surface area contributed by atoms with Crippen molar-refractivity contribution in [3.8, 4) is 0 Å². The van der Waals surface area contributed by atoms with Gasteiger partial charge in [0.05, 0.1) is 5.69 Å². The molecule has 1 saturated heterocycles. The van der Waals surface area contributed by atoms with Crippen LogP contribution in [0.4, 0.5) is 5.13 Å². The first-order valence-corrected chi connectivity index (χ1v) is 9.98. The standard InChI is InChI=1S/C16H27N3S2/c1-4-13-14(11-17-12-5-6-12)21-15(18-13)19-8-7-16(2,3)20-10-9-19/h12,17H,4-11H2,1-3H3. The molecule has 3 rings (SSSR count). The molecule has 1 saturated carbocycles. The summed E-state index contributed by atoms with van der Waals surface area (Å²) in [4.78, 5) is 8.90. The zero-order valence-corrected chi connectivity index (χ0v) is 15.1. The number of nitrogens with one attached hydrogen (secondary N) is 1. The minimum Gasteiger partial charge on any atom is -0.347 e. The minimum atomic E-state index is 0.413. The SMILES string of the molecule is CCc1nc(N2CCSC(C)(C)CC2)sc1CNC1CC1. The van der Waals surface area contributed by atoms with Gasteiger partial charge < -0.3 is 10.2 Å². The van der Waals surface area contributed by atoms with Crippen LogP contribution < -0.4 is 10.2 Å². The van der Waals surface area contributed by atoms with Crippen LogP contribution in [0.15, 0.2) is 0 Å². The summed E-state index contributed by atoms with van der Waals surface area (Å²) in [5, 5.41) is 4.88. The van der Waals surface area contributed by atoms with Crippen LogP contribution in [0.2, 0.25) is 0 Å². The molecule has 2 aliphatic rings. The molecule has 0 bridgehead atoms. The molecule has 1 N–H and O–H groups in total. The monoisotopic (exact) mass is 325 g/mol. The fourth-order valence-corrected chi connectivity index (χ4v) is 4.91. The topological polar surface area (TPSA) is 28.2 Å². The maximum atomic E-state index is 4.94. The number of hydrogen-bond donors (Lipinski definition) is 1. The molecular weight excluding hydrogens is 298 g/mol. The third-order valence-electron chi connectivity index (χ3n) is 4.34. The fourth-order valence-electron chi connectivity index (χ4n) is 2.66. The van der Waals surface area contributed by atoms with Gasteiger partial charge >= 0.3 is 0 Å². The van der Waals surface area contributed by atoms with Gasteiger partial charge in [-0.1, -0.05) is 20.8 Å². The third-order valence-corrected chi connectivity index (χ3v) is 6.87. The average molecular weight is 326 g/mol. The van der Waals surface area contributed by atoms with E-state index in [1.54, 1.807) is 0 Å². The summed E-state index contributed by atoms with van der Waals surface area (Å²) >= 11 is 4.01.